The highest BCUT2D eigenvalue weighted by Crippen LogP contribution is 2.19. The molecular weight excluding hydrogens is 378 g/mol. The van der Waals surface area contributed by atoms with Crippen molar-refractivity contribution in [2.45, 2.75) is 134 Å². The average molecular weight is 425 g/mol. The molecule has 0 aromatic heterocycles. The summed E-state index contributed by atoms with van der Waals surface area (Å²) in [6, 6.07) is 0. The van der Waals surface area contributed by atoms with Gasteiger partial charge in [0.25, 0.3) is 0 Å². The summed E-state index contributed by atoms with van der Waals surface area (Å²) in [5, 5.41) is 18.2. The van der Waals surface area contributed by atoms with Gasteiger partial charge < -0.3 is 16.4 Å². The molecule has 0 saturated carbocycles. The van der Waals surface area contributed by atoms with Gasteiger partial charge in [-0.25, -0.2) is 0 Å². The van der Waals surface area contributed by atoms with Crippen molar-refractivity contribution in [1.82, 2.24) is 6.15 Å². The molecule has 4 heteroatoms. The van der Waals surface area contributed by atoms with Gasteiger partial charge in [0.2, 0.25) is 4.70 Å². The van der Waals surface area contributed by atoms with E-state index in [9.17, 15) is 0 Å². The van der Waals surface area contributed by atoms with Crippen LogP contribution < -0.4 is 6.15 Å². The highest BCUT2D eigenvalue weighted by molar-refractivity contribution is 9.09. The van der Waals surface area contributed by atoms with Crippen LogP contribution in [0.25, 0.3) is 0 Å². The van der Waals surface area contributed by atoms with Crippen LogP contribution in [0.4, 0.5) is 0 Å². The fourth-order valence-electron chi connectivity index (χ4n) is 3.25. The van der Waals surface area contributed by atoms with Crippen LogP contribution in [-0.4, -0.2) is 14.9 Å². The minimum atomic E-state index is -1.65. The Bertz CT molecular complexity index is 245. The maximum absolute atomic E-state index is 9.12. The lowest BCUT2D eigenvalue weighted by Gasteiger charge is -2.12. The Morgan fingerprint density at radius 3 is 1.00 bits per heavy atom. The van der Waals surface area contributed by atoms with E-state index in [-0.39, 0.29) is 6.15 Å². The van der Waals surface area contributed by atoms with Gasteiger partial charge in [0.15, 0.2) is 0 Å². The predicted octanol–water partition coefficient (Wildman–Crippen LogP) is 7.61. The van der Waals surface area contributed by atoms with Crippen molar-refractivity contribution in [2.24, 2.45) is 0 Å². The molecule has 0 rings (SSSR count). The van der Waals surface area contributed by atoms with Crippen molar-refractivity contribution in [3.8, 4) is 0 Å². The second kappa shape index (κ2) is 20.7. The smallest absolute Gasteiger partial charge is 0.221 e. The normalized spacial score (nSPS) is 11.5. The molecule has 0 bridgehead atoms. The zero-order valence-electron chi connectivity index (χ0n) is 16.9. The van der Waals surface area contributed by atoms with Crippen LogP contribution in [0.5, 0.6) is 0 Å². The van der Waals surface area contributed by atoms with Crippen molar-refractivity contribution < 1.29 is 10.2 Å². The summed E-state index contributed by atoms with van der Waals surface area (Å²) in [6.45, 7) is 2.28. The minimum absolute atomic E-state index is 0. The Morgan fingerprint density at radius 2 is 0.760 bits per heavy atom. The van der Waals surface area contributed by atoms with E-state index in [1.54, 1.807) is 0 Å². The van der Waals surface area contributed by atoms with E-state index in [1.807, 2.05) is 0 Å². The quantitative estimate of drug-likeness (QED) is 0.113. The molecule has 25 heavy (non-hydrogen) atoms. The van der Waals surface area contributed by atoms with Gasteiger partial charge in [-0.15, -0.1) is 0 Å². The molecule has 0 saturated heterocycles. The Morgan fingerprint density at radius 1 is 0.520 bits per heavy atom. The van der Waals surface area contributed by atoms with Crippen molar-refractivity contribution >= 4 is 15.9 Å². The van der Waals surface area contributed by atoms with E-state index in [0.717, 1.165) is 12.8 Å². The zero-order valence-corrected chi connectivity index (χ0v) is 18.5. The van der Waals surface area contributed by atoms with E-state index < -0.39 is 4.70 Å². The highest BCUT2D eigenvalue weighted by atomic mass is 79.9. The van der Waals surface area contributed by atoms with Crippen LogP contribution >= 0.6 is 15.9 Å². The Labute approximate surface area is 166 Å². The maximum Gasteiger partial charge on any atom is 0.221 e. The maximum atomic E-state index is 9.12. The van der Waals surface area contributed by atoms with Gasteiger partial charge in [0.1, 0.15) is 0 Å². The molecule has 0 fully saturated rings. The number of unbranched alkanes of at least 4 members (excludes halogenated alkanes) is 17. The first kappa shape index (κ1) is 27.6. The average Bonchev–Trinajstić information content (AvgIpc) is 2.52. The van der Waals surface area contributed by atoms with Crippen LogP contribution in [0.1, 0.15) is 129 Å². The minimum Gasteiger partial charge on any atom is -0.357 e. The van der Waals surface area contributed by atoms with Gasteiger partial charge in [0.05, 0.1) is 0 Å². The Hall–Kier alpha value is 0.360. The summed E-state index contributed by atoms with van der Waals surface area (Å²) >= 11 is 2.84. The van der Waals surface area contributed by atoms with Gasteiger partial charge in [-0.05, 0) is 22.4 Å². The van der Waals surface area contributed by atoms with Gasteiger partial charge in [0, 0.05) is 6.42 Å². The summed E-state index contributed by atoms with van der Waals surface area (Å²) < 4.78 is -1.65. The molecule has 0 unspecified atom stereocenters. The molecule has 0 atom stereocenters. The summed E-state index contributed by atoms with van der Waals surface area (Å²) in [5.41, 5.74) is 0. The third kappa shape index (κ3) is 26.7. The first-order valence-electron chi connectivity index (χ1n) is 10.7. The van der Waals surface area contributed by atoms with E-state index in [2.05, 4.69) is 22.9 Å². The molecule has 3 nitrogen and oxygen atoms in total. The van der Waals surface area contributed by atoms with Gasteiger partial charge in [-0.3, -0.25) is 0 Å². The molecule has 0 aliphatic heterocycles. The van der Waals surface area contributed by atoms with Crippen molar-refractivity contribution in [1.29, 1.82) is 0 Å². The summed E-state index contributed by atoms with van der Waals surface area (Å²) in [6.07, 6.45) is 24.8. The lowest BCUT2D eigenvalue weighted by Crippen LogP contribution is -2.17. The molecule has 0 aliphatic carbocycles. The third-order valence-electron chi connectivity index (χ3n) is 4.85. The number of alkyl halides is 1. The fourth-order valence-corrected chi connectivity index (χ4v) is 3.53. The molecule has 0 aromatic carbocycles. The fraction of sp³-hybridized carbons (Fsp3) is 1.00. The zero-order chi connectivity index (χ0) is 17.9. The molecule has 0 aliphatic rings. The molecular formula is C21H46BrNO2. The standard InChI is InChI=1S/C21H43BrO2.H3N/c1-2-3-4-5-6-7-8-9-10-11-12-13-14-15-16-17-18-19-20-21(22,23)24;/h23-24H,2-20H2,1H3;1H3. The van der Waals surface area contributed by atoms with Gasteiger partial charge >= 0.3 is 0 Å². The molecule has 0 amide bonds. The Kier molecular flexibility index (Phi) is 22.8. The second-order valence-electron chi connectivity index (χ2n) is 7.48. The first-order valence-corrected chi connectivity index (χ1v) is 11.5. The van der Waals surface area contributed by atoms with Crippen LogP contribution in [0.3, 0.4) is 0 Å². The van der Waals surface area contributed by atoms with E-state index >= 15 is 0 Å². The molecule has 154 valence electrons. The van der Waals surface area contributed by atoms with Crippen molar-refractivity contribution in [3.05, 3.63) is 0 Å². The first-order chi connectivity index (χ1) is 11.6. The molecule has 5 N–H and O–H groups in total. The number of hydrogen-bond donors (Lipinski definition) is 3. The third-order valence-corrected chi connectivity index (χ3v) is 5.24. The lowest BCUT2D eigenvalue weighted by atomic mass is 10.0. The number of hydrogen-bond acceptors (Lipinski definition) is 3. The predicted molar refractivity (Wildman–Crippen MR) is 115 cm³/mol. The molecule has 0 aromatic rings. The molecule has 0 spiro atoms. The van der Waals surface area contributed by atoms with Gasteiger partial charge in [-0.1, -0.05) is 116 Å². The van der Waals surface area contributed by atoms with E-state index in [1.165, 1.54) is 103 Å². The van der Waals surface area contributed by atoms with Crippen LogP contribution in [0.2, 0.25) is 0 Å². The topological polar surface area (TPSA) is 75.5 Å². The summed E-state index contributed by atoms with van der Waals surface area (Å²) in [5.74, 6) is 0. The summed E-state index contributed by atoms with van der Waals surface area (Å²) in [7, 11) is 0. The molecule has 0 radical (unpaired) electrons. The van der Waals surface area contributed by atoms with Crippen molar-refractivity contribution in [3.63, 3.8) is 0 Å². The number of aliphatic hydroxyl groups is 2. The summed E-state index contributed by atoms with van der Waals surface area (Å²) in [4.78, 5) is 0. The Balaban J connectivity index is 0. The largest absolute Gasteiger partial charge is 0.357 e. The van der Waals surface area contributed by atoms with Crippen LogP contribution in [0.15, 0.2) is 0 Å². The molecule has 0 heterocycles. The van der Waals surface area contributed by atoms with Crippen LogP contribution in [-0.2, 0) is 0 Å². The highest BCUT2D eigenvalue weighted by Gasteiger charge is 2.15. The lowest BCUT2D eigenvalue weighted by molar-refractivity contribution is -0.0753. The second-order valence-corrected chi connectivity index (χ2v) is 8.75. The van der Waals surface area contributed by atoms with E-state index in [0.29, 0.717) is 6.42 Å². The van der Waals surface area contributed by atoms with Crippen molar-refractivity contribution in [2.75, 3.05) is 0 Å². The van der Waals surface area contributed by atoms with E-state index in [4.69, 9.17) is 10.2 Å². The number of halogens is 1. The monoisotopic (exact) mass is 423 g/mol. The van der Waals surface area contributed by atoms with Crippen LogP contribution in [0, 0.1) is 0 Å². The van der Waals surface area contributed by atoms with Gasteiger partial charge in [-0.2, -0.15) is 0 Å². The SMILES string of the molecule is CCCCCCCCCCCCCCCCCCCCC(O)(O)Br.N. The number of rotatable bonds is 19.